The first kappa shape index (κ1) is 83.4. The van der Waals surface area contributed by atoms with Crippen LogP contribution in [-0.4, -0.2) is 61.4 Å². The molecule has 0 bridgehead atoms. The number of anilines is 4. The number of allylic oxidation sites excluding steroid dienone is 8. The molecule has 6 aliphatic carbocycles. The van der Waals surface area contributed by atoms with Crippen LogP contribution >= 0.6 is 0 Å². The summed E-state index contributed by atoms with van der Waals surface area (Å²) in [4.78, 5) is 21.1. The number of rotatable bonds is 11. The van der Waals surface area contributed by atoms with Crippen LogP contribution < -0.4 is 19.6 Å². The Balaban J connectivity index is 0.000000139. The molecule has 0 radical (unpaired) electrons. The first-order valence-electron chi connectivity index (χ1n) is 44.7. The van der Waals surface area contributed by atoms with E-state index in [0.717, 1.165) is 23.7 Å². The van der Waals surface area contributed by atoms with Crippen LogP contribution in [0.3, 0.4) is 0 Å². The molecular formula is C105H150N8. The highest BCUT2D eigenvalue weighted by Crippen LogP contribution is 2.60. The molecule has 0 N–H and O–H groups in total. The molecule has 5 aromatic rings. The summed E-state index contributed by atoms with van der Waals surface area (Å²) in [6.07, 6.45) is 61.0. The van der Waals surface area contributed by atoms with E-state index in [4.69, 9.17) is 0 Å². The van der Waals surface area contributed by atoms with Crippen LogP contribution in [-0.2, 0) is 5.54 Å². The maximum atomic E-state index is 9.31. The molecule has 7 atom stereocenters. The van der Waals surface area contributed by atoms with Gasteiger partial charge < -0.3 is 39.2 Å². The third-order valence-corrected chi connectivity index (χ3v) is 30.2. The van der Waals surface area contributed by atoms with Crippen molar-refractivity contribution in [1.29, 1.82) is 0 Å². The summed E-state index contributed by atoms with van der Waals surface area (Å²) in [6, 6.07) is 45.9. The highest BCUT2D eigenvalue weighted by atomic mass is 15.5. The third-order valence-electron chi connectivity index (χ3n) is 30.2. The number of hydrogen-bond acceptors (Lipinski definition) is 8. The molecule has 8 heterocycles. The summed E-state index contributed by atoms with van der Waals surface area (Å²) < 4.78 is 9.31. The summed E-state index contributed by atoms with van der Waals surface area (Å²) >= 11 is 0. The number of hydrogen-bond donors (Lipinski definition) is 0. The number of aryl methyl sites for hydroxylation is 4. The molecule has 610 valence electrons. The van der Waals surface area contributed by atoms with E-state index in [1.54, 1.807) is 0 Å². The quantitative estimate of drug-likeness (QED) is 0.129. The zero-order valence-electron chi connectivity index (χ0n) is 70.1. The van der Waals surface area contributed by atoms with E-state index in [0.29, 0.717) is 30.3 Å². The first-order chi connectivity index (χ1) is 53.5. The van der Waals surface area contributed by atoms with Gasteiger partial charge >= 0.3 is 0 Å². The van der Waals surface area contributed by atoms with Crippen LogP contribution in [0.2, 0.25) is 0 Å². The molecule has 5 aromatic carbocycles. The van der Waals surface area contributed by atoms with E-state index >= 15 is 0 Å². The molecule has 0 amide bonds. The van der Waals surface area contributed by atoms with Gasteiger partial charge in [-0.3, -0.25) is 0 Å². The van der Waals surface area contributed by atoms with Crippen LogP contribution in [0.15, 0.2) is 222 Å². The minimum atomic E-state index is -0.576. The monoisotopic (exact) mass is 1520 g/mol. The van der Waals surface area contributed by atoms with Crippen molar-refractivity contribution in [2.75, 3.05) is 19.6 Å². The van der Waals surface area contributed by atoms with Crippen molar-refractivity contribution in [3.63, 3.8) is 0 Å². The fraction of sp³-hybridized carbons (Fsp3) is 0.562. The minimum absolute atomic E-state index is 0. The molecule has 19 rings (SSSR count). The minimum Gasteiger partial charge on any atom is -0.343 e. The Kier molecular flexibility index (Phi) is 26.5. The SMILES string of the molecule is C.C.C.C.CC1=C2C=CC(C3CCCCC3)(C3CCCC3)N2C(C)N1c1ccccc1C.CC1=C2C=CC(C3CCCCC3)(C3CCCCC3)N2C(C)N1c1ccccc1C.CC1=C2C=CC(c3ccccc3)(C3CCCCC3)N2C(C)N1c1ccccc1C.[2H]C1(C2CCCCC2)C=CC2=C(C)N(c3ccccc3C)C(C)N21. The summed E-state index contributed by atoms with van der Waals surface area (Å²) in [5.74, 6) is 4.41. The van der Waals surface area contributed by atoms with E-state index in [2.05, 4.69) is 298 Å². The number of fused-ring (bicyclic) bond motifs is 4. The summed E-state index contributed by atoms with van der Waals surface area (Å²) in [7, 11) is 0. The summed E-state index contributed by atoms with van der Waals surface area (Å²) in [5, 5.41) is 0. The van der Waals surface area contributed by atoms with Gasteiger partial charge in [-0.2, -0.15) is 0 Å². The van der Waals surface area contributed by atoms with E-state index in [1.165, 1.54) is 282 Å². The van der Waals surface area contributed by atoms with Gasteiger partial charge in [0.15, 0.2) is 0 Å². The lowest BCUT2D eigenvalue weighted by Crippen LogP contribution is -2.59. The standard InChI is InChI=1S/C27H38N2.C27H32N2.C26H36N2.C21H28N2.4CH4/c2*1-20-12-10-11-17-25(20)28-21(2)26-18-19-27(29(26)22(28)3,23-13-6-4-7-14-23)24-15-8-5-9-16-24;1-19-11-7-10-16-24(19)27-20(2)25-17-18-26(28(25)21(27)3,23-14-8-9-15-23)22-12-5-4-6-13-22;1-15-9-7-8-12-19(15)22-16(2)20-13-14-21(23(20)17(22)3)18-10-5-4-6-11-18;;;;/h10-12,17-19,22-24H,4-9,13-16H2,1-3H3;4,6-7,10-14,17-19,22,24H,5,8-9,15-16H2,1-3H3;7,10-11,16-18,21-23H,4-6,8-9,12-15H2,1-3H3;7-9,12-14,17-18,21H,4-6,10-11H2,1-3H3;4*1H4/i;;;21D;;;;. The van der Waals surface area contributed by atoms with Crippen LogP contribution in [0.25, 0.3) is 0 Å². The molecule has 7 unspecified atom stereocenters. The Morgan fingerprint density at radius 2 is 0.575 bits per heavy atom. The van der Waals surface area contributed by atoms with Gasteiger partial charge in [-0.1, -0.05) is 266 Å². The van der Waals surface area contributed by atoms with E-state index in [1.807, 2.05) is 0 Å². The smallest absolute Gasteiger partial charge is 0.104 e. The largest absolute Gasteiger partial charge is 0.343 e. The fourth-order valence-electron chi connectivity index (χ4n) is 25.2. The van der Waals surface area contributed by atoms with Gasteiger partial charge in [0.25, 0.3) is 0 Å². The van der Waals surface area contributed by atoms with Gasteiger partial charge in [0.1, 0.15) is 24.7 Å². The second-order valence-corrected chi connectivity index (χ2v) is 35.9. The van der Waals surface area contributed by atoms with Crippen molar-refractivity contribution in [1.82, 2.24) is 19.6 Å². The lowest BCUT2D eigenvalue weighted by Gasteiger charge is -2.53. The molecule has 8 heteroatoms. The Bertz CT molecular complexity index is 4340. The van der Waals surface area contributed by atoms with Crippen LogP contribution in [0.5, 0.6) is 0 Å². The molecule has 113 heavy (non-hydrogen) atoms. The maximum absolute atomic E-state index is 9.31. The zero-order valence-corrected chi connectivity index (χ0v) is 69.1. The summed E-state index contributed by atoms with van der Waals surface area (Å²) in [6.45, 7) is 27.6. The molecule has 6 saturated carbocycles. The van der Waals surface area contributed by atoms with Crippen molar-refractivity contribution in [2.45, 2.75) is 346 Å². The lowest BCUT2D eigenvalue weighted by atomic mass is 9.64. The molecule has 0 spiro atoms. The second kappa shape index (κ2) is 35.9. The van der Waals surface area contributed by atoms with Crippen LogP contribution in [0.1, 0.15) is 300 Å². The van der Waals surface area contributed by atoms with Crippen molar-refractivity contribution in [3.05, 3.63) is 249 Å². The average Bonchev–Trinajstić information content (AvgIpc) is 1.59. The normalized spacial score (nSPS) is 28.3. The van der Waals surface area contributed by atoms with E-state index in [9.17, 15) is 1.37 Å². The van der Waals surface area contributed by atoms with Crippen molar-refractivity contribution in [2.24, 2.45) is 35.5 Å². The molecule has 6 fully saturated rings. The summed E-state index contributed by atoms with van der Waals surface area (Å²) in [5.41, 5.74) is 23.8. The predicted octanol–water partition coefficient (Wildman–Crippen LogP) is 28.4. The van der Waals surface area contributed by atoms with Crippen molar-refractivity contribution in [3.8, 4) is 0 Å². The Morgan fingerprint density at radius 1 is 0.292 bits per heavy atom. The van der Waals surface area contributed by atoms with Crippen molar-refractivity contribution < 1.29 is 1.37 Å². The van der Waals surface area contributed by atoms with Crippen LogP contribution in [0, 0.1) is 63.2 Å². The van der Waals surface area contributed by atoms with E-state index < -0.39 is 6.02 Å². The van der Waals surface area contributed by atoms with Gasteiger partial charge in [-0.05, 0) is 272 Å². The highest BCUT2D eigenvalue weighted by molar-refractivity contribution is 5.67. The maximum Gasteiger partial charge on any atom is 0.104 e. The first-order valence-corrected chi connectivity index (χ1v) is 44.2. The Morgan fingerprint density at radius 3 is 0.938 bits per heavy atom. The molecule has 0 aromatic heterocycles. The number of nitrogens with zero attached hydrogens (tertiary/aromatic N) is 8. The molecule has 0 saturated heterocycles. The van der Waals surface area contributed by atoms with Gasteiger partial charge in [0, 0.05) is 45.5 Å². The van der Waals surface area contributed by atoms with Gasteiger partial charge in [-0.25, -0.2) is 0 Å². The van der Waals surface area contributed by atoms with Gasteiger partial charge in [0.2, 0.25) is 0 Å². The fourth-order valence-corrected chi connectivity index (χ4v) is 25.2. The highest BCUT2D eigenvalue weighted by Gasteiger charge is 2.59. The number of benzene rings is 5. The molecule has 8 nitrogen and oxygen atoms in total. The molecule has 8 aliphatic heterocycles. The Labute approximate surface area is 690 Å². The lowest BCUT2D eigenvalue weighted by molar-refractivity contribution is 0.0111. The van der Waals surface area contributed by atoms with Crippen molar-refractivity contribution >= 4 is 22.7 Å². The Hall–Kier alpha value is -7.58. The third kappa shape index (κ3) is 14.8. The molecular weight excluding hydrogens is 1370 g/mol. The second-order valence-electron chi connectivity index (χ2n) is 35.9. The molecule has 14 aliphatic rings. The topological polar surface area (TPSA) is 25.9 Å². The number of para-hydroxylation sites is 4. The predicted molar refractivity (Wildman–Crippen MR) is 486 cm³/mol. The average molecular weight is 1530 g/mol. The van der Waals surface area contributed by atoms with Crippen LogP contribution in [0.4, 0.5) is 22.7 Å². The van der Waals surface area contributed by atoms with E-state index in [-0.39, 0.29) is 52.5 Å². The van der Waals surface area contributed by atoms with Gasteiger partial charge in [-0.15, -0.1) is 0 Å². The van der Waals surface area contributed by atoms with Gasteiger partial charge in [0.05, 0.1) is 46.8 Å². The zero-order chi connectivity index (χ0) is 76.2.